The van der Waals surface area contributed by atoms with Crippen molar-refractivity contribution in [3.8, 4) is 0 Å². The highest BCUT2D eigenvalue weighted by Crippen LogP contribution is 2.39. The number of nitrogens with zero attached hydrogens (tertiary/aromatic N) is 2. The van der Waals surface area contributed by atoms with Gasteiger partial charge < -0.3 is 10.2 Å². The number of carbonyl (C=O) groups is 2. The van der Waals surface area contributed by atoms with Crippen LogP contribution in [0.1, 0.15) is 43.5 Å². The van der Waals surface area contributed by atoms with Crippen LogP contribution in [0.2, 0.25) is 0 Å². The molecule has 152 valence electrons. The van der Waals surface area contributed by atoms with E-state index < -0.39 is 4.92 Å². The van der Waals surface area contributed by atoms with Crippen molar-refractivity contribution in [3.05, 3.63) is 39.9 Å². The van der Waals surface area contributed by atoms with Gasteiger partial charge in [-0.2, -0.15) is 0 Å². The van der Waals surface area contributed by atoms with Gasteiger partial charge in [0.15, 0.2) is 0 Å². The molecule has 8 nitrogen and oxygen atoms in total. The minimum absolute atomic E-state index is 0.0360. The SMILES string of the molecule is CC[C@@H](C)NC(=O)[C@@H]1CSC2(CCN(C(=O)c3cccc([N+](=O)[O-])c3)CC2)N1. The fraction of sp³-hybridized carbons (Fsp3) is 0.579. The summed E-state index contributed by atoms with van der Waals surface area (Å²) in [6.07, 6.45) is 2.38. The number of nitrogens with one attached hydrogen (secondary N) is 2. The van der Waals surface area contributed by atoms with Gasteiger partial charge in [-0.1, -0.05) is 13.0 Å². The lowest BCUT2D eigenvalue weighted by Gasteiger charge is -2.39. The normalized spacial score (nSPS) is 22.1. The summed E-state index contributed by atoms with van der Waals surface area (Å²) in [5.74, 6) is 0.572. The molecular weight excluding hydrogens is 380 g/mol. The van der Waals surface area contributed by atoms with E-state index in [1.807, 2.05) is 13.8 Å². The highest BCUT2D eigenvalue weighted by Gasteiger charge is 2.44. The van der Waals surface area contributed by atoms with Gasteiger partial charge in [0.2, 0.25) is 5.91 Å². The second-order valence-corrected chi connectivity index (χ2v) is 8.82. The van der Waals surface area contributed by atoms with Crippen LogP contribution in [0.3, 0.4) is 0 Å². The van der Waals surface area contributed by atoms with Crippen molar-refractivity contribution in [2.24, 2.45) is 0 Å². The highest BCUT2D eigenvalue weighted by molar-refractivity contribution is 8.01. The second-order valence-electron chi connectivity index (χ2n) is 7.42. The molecule has 2 saturated heterocycles. The zero-order valence-electron chi connectivity index (χ0n) is 16.1. The Labute approximate surface area is 168 Å². The monoisotopic (exact) mass is 406 g/mol. The largest absolute Gasteiger partial charge is 0.352 e. The van der Waals surface area contributed by atoms with Crippen LogP contribution in [0.15, 0.2) is 24.3 Å². The van der Waals surface area contributed by atoms with E-state index in [-0.39, 0.29) is 34.5 Å². The van der Waals surface area contributed by atoms with Gasteiger partial charge >= 0.3 is 0 Å². The highest BCUT2D eigenvalue weighted by atomic mass is 32.2. The lowest BCUT2D eigenvalue weighted by atomic mass is 10.0. The van der Waals surface area contributed by atoms with E-state index >= 15 is 0 Å². The summed E-state index contributed by atoms with van der Waals surface area (Å²) in [6, 6.07) is 5.79. The van der Waals surface area contributed by atoms with Gasteiger partial charge in [0.1, 0.15) is 0 Å². The number of hydrogen-bond acceptors (Lipinski definition) is 6. The predicted octanol–water partition coefficient (Wildman–Crippen LogP) is 2.15. The molecule has 9 heteroatoms. The first-order chi connectivity index (χ1) is 13.3. The van der Waals surface area contributed by atoms with Crippen LogP contribution in [0.25, 0.3) is 0 Å². The molecule has 0 saturated carbocycles. The Morgan fingerprint density at radius 3 is 2.79 bits per heavy atom. The third-order valence-electron chi connectivity index (χ3n) is 5.44. The van der Waals surface area contributed by atoms with Crippen LogP contribution in [-0.4, -0.2) is 57.4 Å². The fourth-order valence-electron chi connectivity index (χ4n) is 3.53. The maximum Gasteiger partial charge on any atom is 0.270 e. The molecule has 2 amide bonds. The number of nitro groups is 1. The number of non-ortho nitro benzene ring substituents is 1. The molecule has 2 aliphatic heterocycles. The standard InChI is InChI=1S/C19H26N4O4S/c1-3-13(2)20-17(24)16-12-28-19(21-16)7-9-22(10-8-19)18(25)14-5-4-6-15(11-14)23(26)27/h4-6,11,13,16,21H,3,7-10,12H2,1-2H3,(H,20,24)/t13-,16+/m1/s1. The Bertz CT molecular complexity index is 764. The van der Waals surface area contributed by atoms with E-state index in [0.29, 0.717) is 18.7 Å². The Kier molecular flexibility index (Phi) is 6.24. The molecule has 0 radical (unpaired) electrons. The maximum atomic E-state index is 12.7. The third kappa shape index (κ3) is 4.47. The Balaban J connectivity index is 1.57. The van der Waals surface area contributed by atoms with Gasteiger partial charge in [0, 0.05) is 42.6 Å². The minimum Gasteiger partial charge on any atom is -0.352 e. The molecule has 0 bridgehead atoms. The first-order valence-electron chi connectivity index (χ1n) is 9.59. The van der Waals surface area contributed by atoms with Crippen molar-refractivity contribution in [3.63, 3.8) is 0 Å². The summed E-state index contributed by atoms with van der Waals surface area (Å²) in [5, 5.41) is 17.4. The number of hydrogen-bond donors (Lipinski definition) is 2. The number of carbonyl (C=O) groups excluding carboxylic acids is 2. The van der Waals surface area contributed by atoms with Crippen molar-refractivity contribution >= 4 is 29.3 Å². The quantitative estimate of drug-likeness (QED) is 0.573. The van der Waals surface area contributed by atoms with Crippen molar-refractivity contribution < 1.29 is 14.5 Å². The minimum atomic E-state index is -0.494. The van der Waals surface area contributed by atoms with Crippen molar-refractivity contribution in [2.45, 2.75) is 50.1 Å². The van der Waals surface area contributed by atoms with Crippen LogP contribution in [0, 0.1) is 10.1 Å². The van der Waals surface area contributed by atoms with Gasteiger partial charge in [-0.25, -0.2) is 0 Å². The number of piperidine rings is 1. The maximum absolute atomic E-state index is 12.7. The first kappa shape index (κ1) is 20.6. The van der Waals surface area contributed by atoms with Crippen molar-refractivity contribution in [1.29, 1.82) is 0 Å². The number of thioether (sulfide) groups is 1. The van der Waals surface area contributed by atoms with Crippen LogP contribution in [0.5, 0.6) is 0 Å². The molecule has 2 N–H and O–H groups in total. The summed E-state index contributed by atoms with van der Waals surface area (Å²) in [6.45, 7) is 5.15. The Morgan fingerprint density at radius 2 is 2.14 bits per heavy atom. The van der Waals surface area contributed by atoms with Crippen LogP contribution < -0.4 is 10.6 Å². The molecule has 2 aliphatic rings. The Hall–Kier alpha value is -2.13. The van der Waals surface area contributed by atoms with Gasteiger partial charge in [-0.3, -0.25) is 25.0 Å². The van der Waals surface area contributed by atoms with E-state index in [1.54, 1.807) is 22.7 Å². The molecular formula is C19H26N4O4S. The third-order valence-corrected chi connectivity index (χ3v) is 7.02. The summed E-state index contributed by atoms with van der Waals surface area (Å²) < 4.78 is 0. The zero-order valence-corrected chi connectivity index (χ0v) is 17.0. The van der Waals surface area contributed by atoms with E-state index in [1.165, 1.54) is 18.2 Å². The van der Waals surface area contributed by atoms with Crippen LogP contribution in [-0.2, 0) is 4.79 Å². The first-order valence-corrected chi connectivity index (χ1v) is 10.6. The van der Waals surface area contributed by atoms with E-state index in [4.69, 9.17) is 0 Å². The van der Waals surface area contributed by atoms with E-state index in [2.05, 4.69) is 10.6 Å². The molecule has 3 rings (SSSR count). The second kappa shape index (κ2) is 8.48. The summed E-state index contributed by atoms with van der Waals surface area (Å²) >= 11 is 1.75. The topological polar surface area (TPSA) is 105 Å². The van der Waals surface area contributed by atoms with E-state index in [9.17, 15) is 19.7 Å². The van der Waals surface area contributed by atoms with E-state index in [0.717, 1.165) is 25.0 Å². The number of likely N-dealkylation sites (tertiary alicyclic amines) is 1. The molecule has 1 aromatic carbocycles. The van der Waals surface area contributed by atoms with Gasteiger partial charge in [0.05, 0.1) is 15.8 Å². The summed E-state index contributed by atoms with van der Waals surface area (Å²) in [4.78, 5) is 37.1. The molecule has 0 unspecified atom stereocenters. The molecule has 2 atom stereocenters. The molecule has 1 aromatic rings. The summed E-state index contributed by atoms with van der Waals surface area (Å²) in [7, 11) is 0. The number of rotatable bonds is 5. The number of amides is 2. The molecule has 1 spiro atoms. The molecule has 0 aliphatic carbocycles. The van der Waals surface area contributed by atoms with Crippen molar-refractivity contribution in [1.82, 2.24) is 15.5 Å². The molecule has 2 heterocycles. The lowest BCUT2D eigenvalue weighted by molar-refractivity contribution is -0.384. The zero-order chi connectivity index (χ0) is 20.3. The van der Waals surface area contributed by atoms with Crippen molar-refractivity contribution in [2.75, 3.05) is 18.8 Å². The van der Waals surface area contributed by atoms with Gasteiger partial charge in [0.25, 0.3) is 11.6 Å². The molecule has 28 heavy (non-hydrogen) atoms. The number of nitro benzene ring substituents is 1. The Morgan fingerprint density at radius 1 is 1.43 bits per heavy atom. The average Bonchev–Trinajstić information content (AvgIpc) is 3.11. The predicted molar refractivity (Wildman–Crippen MR) is 108 cm³/mol. The average molecular weight is 407 g/mol. The lowest BCUT2D eigenvalue weighted by Crippen LogP contribution is -2.55. The fourth-order valence-corrected chi connectivity index (χ4v) is 4.94. The number of benzene rings is 1. The van der Waals surface area contributed by atoms with Gasteiger partial charge in [-0.15, -0.1) is 11.8 Å². The summed E-state index contributed by atoms with van der Waals surface area (Å²) in [5.41, 5.74) is 0.255. The van der Waals surface area contributed by atoms with Crippen LogP contribution >= 0.6 is 11.8 Å². The van der Waals surface area contributed by atoms with Crippen LogP contribution in [0.4, 0.5) is 5.69 Å². The molecule has 0 aromatic heterocycles. The smallest absolute Gasteiger partial charge is 0.270 e. The molecule has 2 fully saturated rings. The van der Waals surface area contributed by atoms with Gasteiger partial charge in [-0.05, 0) is 32.3 Å².